The topological polar surface area (TPSA) is 109 Å². The van der Waals surface area contributed by atoms with Crippen molar-refractivity contribution >= 4 is 17.9 Å². The van der Waals surface area contributed by atoms with Gasteiger partial charge in [0.25, 0.3) is 5.91 Å². The molecule has 0 unspecified atom stereocenters. The van der Waals surface area contributed by atoms with Crippen molar-refractivity contribution in [2.75, 3.05) is 25.0 Å². The number of rotatable bonds is 6. The van der Waals surface area contributed by atoms with Gasteiger partial charge in [-0.15, -0.1) is 0 Å². The van der Waals surface area contributed by atoms with Crippen molar-refractivity contribution in [2.24, 2.45) is 0 Å². The van der Waals surface area contributed by atoms with Gasteiger partial charge < -0.3 is 20.3 Å². The molecule has 2 aromatic rings. The maximum Gasteiger partial charge on any atom is 0.409 e. The van der Waals surface area contributed by atoms with Gasteiger partial charge >= 0.3 is 6.09 Å². The van der Waals surface area contributed by atoms with Gasteiger partial charge in [0, 0.05) is 44.3 Å². The lowest BCUT2D eigenvalue weighted by Gasteiger charge is -2.31. The molecule has 0 aliphatic carbocycles. The van der Waals surface area contributed by atoms with Gasteiger partial charge in [0.2, 0.25) is 5.95 Å². The van der Waals surface area contributed by atoms with E-state index in [0.29, 0.717) is 37.9 Å². The van der Waals surface area contributed by atoms with Crippen LogP contribution in [0.3, 0.4) is 0 Å². The molecule has 2 N–H and O–H groups in total. The minimum absolute atomic E-state index is 0.138. The van der Waals surface area contributed by atoms with Gasteiger partial charge in [0.1, 0.15) is 5.69 Å². The standard InChI is InChI=1S/C19H24N6O3/c1-2-28-19(27)25-10-6-15(7-11-25)23-18-21-9-5-16(24-18)17(26)22-13-14-4-3-8-20-12-14/h3-5,8-9,12,15H,2,6-7,10-11,13H2,1H3,(H,22,26)(H,21,23,24). The molecule has 9 heteroatoms. The van der Waals surface area contributed by atoms with Gasteiger partial charge in [-0.2, -0.15) is 0 Å². The molecule has 0 spiro atoms. The molecule has 1 aliphatic rings. The van der Waals surface area contributed by atoms with Gasteiger partial charge in [0.15, 0.2) is 0 Å². The van der Waals surface area contributed by atoms with Gasteiger partial charge in [0.05, 0.1) is 6.61 Å². The van der Waals surface area contributed by atoms with Crippen LogP contribution < -0.4 is 10.6 Å². The second-order valence-electron chi connectivity index (χ2n) is 6.41. The Kier molecular flexibility index (Phi) is 6.72. The summed E-state index contributed by atoms with van der Waals surface area (Å²) in [6.45, 7) is 3.78. The number of nitrogens with zero attached hydrogens (tertiary/aromatic N) is 4. The zero-order valence-electron chi connectivity index (χ0n) is 15.8. The second-order valence-corrected chi connectivity index (χ2v) is 6.41. The summed E-state index contributed by atoms with van der Waals surface area (Å²) in [7, 11) is 0. The summed E-state index contributed by atoms with van der Waals surface area (Å²) in [6, 6.07) is 5.43. The van der Waals surface area contributed by atoms with Crippen molar-refractivity contribution < 1.29 is 14.3 Å². The molecular weight excluding hydrogens is 360 g/mol. The third-order valence-corrected chi connectivity index (χ3v) is 4.42. The van der Waals surface area contributed by atoms with Gasteiger partial charge in [-0.05, 0) is 37.5 Å². The number of ether oxygens (including phenoxy) is 1. The maximum atomic E-state index is 12.3. The summed E-state index contributed by atoms with van der Waals surface area (Å²) >= 11 is 0. The second kappa shape index (κ2) is 9.63. The van der Waals surface area contributed by atoms with E-state index in [1.54, 1.807) is 36.5 Å². The number of pyridine rings is 1. The number of nitrogens with one attached hydrogen (secondary N) is 2. The van der Waals surface area contributed by atoms with E-state index in [1.807, 2.05) is 12.1 Å². The van der Waals surface area contributed by atoms with Gasteiger partial charge in [-0.3, -0.25) is 9.78 Å². The zero-order valence-corrected chi connectivity index (χ0v) is 15.8. The number of carbonyl (C=O) groups is 2. The van der Waals surface area contributed by atoms with Crippen LogP contribution in [-0.4, -0.2) is 57.6 Å². The number of anilines is 1. The molecule has 2 aromatic heterocycles. The number of hydrogen-bond acceptors (Lipinski definition) is 7. The Balaban J connectivity index is 1.51. The largest absolute Gasteiger partial charge is 0.450 e. The Morgan fingerprint density at radius 1 is 1.25 bits per heavy atom. The highest BCUT2D eigenvalue weighted by Crippen LogP contribution is 2.15. The minimum atomic E-state index is -0.274. The van der Waals surface area contributed by atoms with Crippen LogP contribution in [0.15, 0.2) is 36.8 Å². The fourth-order valence-corrected chi connectivity index (χ4v) is 2.93. The van der Waals surface area contributed by atoms with Crippen LogP contribution in [0, 0.1) is 0 Å². The maximum absolute atomic E-state index is 12.3. The summed E-state index contributed by atoms with van der Waals surface area (Å²) in [4.78, 5) is 38.3. The normalized spacial score (nSPS) is 14.4. The summed E-state index contributed by atoms with van der Waals surface area (Å²) < 4.78 is 5.03. The summed E-state index contributed by atoms with van der Waals surface area (Å²) in [5.74, 6) is 0.134. The molecule has 0 aromatic carbocycles. The number of amides is 2. The van der Waals surface area contributed by atoms with Crippen LogP contribution in [0.1, 0.15) is 35.8 Å². The number of carbonyl (C=O) groups excluding carboxylic acids is 2. The van der Waals surface area contributed by atoms with E-state index in [4.69, 9.17) is 4.74 Å². The molecule has 0 radical (unpaired) electrons. The lowest BCUT2D eigenvalue weighted by Crippen LogP contribution is -2.42. The van der Waals surface area contributed by atoms with E-state index in [2.05, 4.69) is 25.6 Å². The number of piperidine rings is 1. The fourth-order valence-electron chi connectivity index (χ4n) is 2.93. The first-order chi connectivity index (χ1) is 13.7. The average Bonchev–Trinajstić information content (AvgIpc) is 2.73. The Morgan fingerprint density at radius 2 is 2.07 bits per heavy atom. The molecular formula is C19H24N6O3. The van der Waals surface area contributed by atoms with Crippen LogP contribution in [0.25, 0.3) is 0 Å². The average molecular weight is 384 g/mol. The molecule has 1 aliphatic heterocycles. The van der Waals surface area contributed by atoms with E-state index in [-0.39, 0.29) is 18.0 Å². The molecule has 2 amide bonds. The van der Waals surface area contributed by atoms with Crippen LogP contribution >= 0.6 is 0 Å². The van der Waals surface area contributed by atoms with Crippen molar-refractivity contribution in [1.29, 1.82) is 0 Å². The quantitative estimate of drug-likeness (QED) is 0.782. The Labute approximate surface area is 163 Å². The number of likely N-dealkylation sites (tertiary alicyclic amines) is 1. The Morgan fingerprint density at radius 3 is 2.79 bits per heavy atom. The van der Waals surface area contributed by atoms with Crippen LogP contribution in [0.4, 0.5) is 10.7 Å². The molecule has 1 fully saturated rings. The van der Waals surface area contributed by atoms with Crippen molar-refractivity contribution in [2.45, 2.75) is 32.4 Å². The van der Waals surface area contributed by atoms with Crippen molar-refractivity contribution in [3.05, 3.63) is 48.0 Å². The first-order valence-electron chi connectivity index (χ1n) is 9.34. The van der Waals surface area contributed by atoms with Crippen LogP contribution in [0.5, 0.6) is 0 Å². The highest BCUT2D eigenvalue weighted by Gasteiger charge is 2.24. The molecule has 3 heterocycles. The zero-order chi connectivity index (χ0) is 19.8. The molecule has 148 valence electrons. The lowest BCUT2D eigenvalue weighted by atomic mass is 10.1. The first kappa shape index (κ1) is 19.5. The molecule has 9 nitrogen and oxygen atoms in total. The summed E-state index contributed by atoms with van der Waals surface area (Å²) in [5.41, 5.74) is 1.21. The third kappa shape index (κ3) is 5.38. The predicted molar refractivity (Wildman–Crippen MR) is 103 cm³/mol. The summed E-state index contributed by atoms with van der Waals surface area (Å²) in [5, 5.41) is 6.07. The SMILES string of the molecule is CCOC(=O)N1CCC(Nc2nccc(C(=O)NCc3cccnc3)n2)CC1. The predicted octanol–water partition coefficient (Wildman–Crippen LogP) is 1.83. The third-order valence-electron chi connectivity index (χ3n) is 4.42. The van der Waals surface area contributed by atoms with Crippen molar-refractivity contribution in [3.63, 3.8) is 0 Å². The van der Waals surface area contributed by atoms with Gasteiger partial charge in [-0.25, -0.2) is 14.8 Å². The molecule has 3 rings (SSSR count). The highest BCUT2D eigenvalue weighted by molar-refractivity contribution is 5.92. The van der Waals surface area contributed by atoms with E-state index in [1.165, 1.54) is 0 Å². The van der Waals surface area contributed by atoms with Gasteiger partial charge in [-0.1, -0.05) is 6.07 Å². The number of hydrogen-bond donors (Lipinski definition) is 2. The Bertz CT molecular complexity index is 793. The monoisotopic (exact) mass is 384 g/mol. The highest BCUT2D eigenvalue weighted by atomic mass is 16.6. The van der Waals surface area contributed by atoms with E-state index < -0.39 is 0 Å². The Hall–Kier alpha value is -3.23. The summed E-state index contributed by atoms with van der Waals surface area (Å²) in [6.07, 6.45) is 6.20. The molecule has 0 saturated carbocycles. The van der Waals surface area contributed by atoms with Crippen LogP contribution in [-0.2, 0) is 11.3 Å². The fraction of sp³-hybridized carbons (Fsp3) is 0.421. The molecule has 0 bridgehead atoms. The lowest BCUT2D eigenvalue weighted by molar-refractivity contribution is 0.0943. The van der Waals surface area contributed by atoms with E-state index in [9.17, 15) is 9.59 Å². The first-order valence-corrected chi connectivity index (χ1v) is 9.34. The molecule has 28 heavy (non-hydrogen) atoms. The van der Waals surface area contributed by atoms with E-state index >= 15 is 0 Å². The molecule has 1 saturated heterocycles. The van der Waals surface area contributed by atoms with Crippen LogP contribution in [0.2, 0.25) is 0 Å². The van der Waals surface area contributed by atoms with Crippen molar-refractivity contribution in [3.8, 4) is 0 Å². The smallest absolute Gasteiger partial charge is 0.409 e. The van der Waals surface area contributed by atoms with Crippen molar-refractivity contribution in [1.82, 2.24) is 25.2 Å². The van der Waals surface area contributed by atoms with E-state index in [0.717, 1.165) is 18.4 Å². The number of aromatic nitrogens is 3. The minimum Gasteiger partial charge on any atom is -0.450 e. The molecule has 0 atom stereocenters.